The van der Waals surface area contributed by atoms with Gasteiger partial charge in [0.05, 0.1) is 25.6 Å². The number of ether oxygens (including phenoxy) is 2. The number of hydrogen-bond acceptors (Lipinski definition) is 5. The second-order valence-electron chi connectivity index (χ2n) is 7.61. The number of nitrogens with zero attached hydrogens (tertiary/aromatic N) is 2. The van der Waals surface area contributed by atoms with Crippen LogP contribution in [0, 0.1) is 23.0 Å². The molecule has 6 nitrogen and oxygen atoms in total. The SMILES string of the molecule is CCOC(=O)N1CC2=C(OC(N)=C(C#N)C2c2cccc(F)c2)/C(=C/c2cccc(F)c2)C1. The lowest BCUT2D eigenvalue weighted by molar-refractivity contribution is 0.109. The van der Waals surface area contributed by atoms with Gasteiger partial charge in [-0.05, 0) is 48.4 Å². The number of amides is 1. The Morgan fingerprint density at radius 2 is 1.97 bits per heavy atom. The summed E-state index contributed by atoms with van der Waals surface area (Å²) < 4.78 is 38.9. The number of halogens is 2. The Kier molecular flexibility index (Phi) is 6.13. The highest BCUT2D eigenvalue weighted by Gasteiger charge is 2.39. The third-order valence-electron chi connectivity index (χ3n) is 5.44. The summed E-state index contributed by atoms with van der Waals surface area (Å²) in [5, 5.41) is 9.80. The fraction of sp³-hybridized carbons (Fsp3) is 0.200. The van der Waals surface area contributed by atoms with Crippen LogP contribution in [0.3, 0.4) is 0 Å². The van der Waals surface area contributed by atoms with Gasteiger partial charge in [0.1, 0.15) is 29.0 Å². The third-order valence-corrected chi connectivity index (χ3v) is 5.44. The second-order valence-corrected chi connectivity index (χ2v) is 7.61. The van der Waals surface area contributed by atoms with E-state index in [1.165, 1.54) is 29.2 Å². The van der Waals surface area contributed by atoms with Crippen molar-refractivity contribution in [1.29, 1.82) is 5.26 Å². The first kappa shape index (κ1) is 22.1. The van der Waals surface area contributed by atoms with Gasteiger partial charge in [0.2, 0.25) is 5.88 Å². The summed E-state index contributed by atoms with van der Waals surface area (Å²) >= 11 is 0. The Hall–Kier alpha value is -4.12. The molecule has 0 bridgehead atoms. The normalized spacial score (nSPS) is 19.2. The Morgan fingerprint density at radius 3 is 2.64 bits per heavy atom. The predicted octanol–water partition coefficient (Wildman–Crippen LogP) is 4.58. The molecule has 2 aromatic carbocycles. The minimum absolute atomic E-state index is 0.0916. The molecule has 0 radical (unpaired) electrons. The average Bonchev–Trinajstić information content (AvgIpc) is 2.78. The molecule has 0 aromatic heterocycles. The molecule has 168 valence electrons. The van der Waals surface area contributed by atoms with E-state index in [9.17, 15) is 18.8 Å². The summed E-state index contributed by atoms with van der Waals surface area (Å²) in [5.41, 5.74) is 8.39. The van der Waals surface area contributed by atoms with Crippen molar-refractivity contribution in [2.75, 3.05) is 19.7 Å². The van der Waals surface area contributed by atoms with Crippen LogP contribution in [-0.4, -0.2) is 30.7 Å². The zero-order chi connectivity index (χ0) is 23.5. The molecular formula is C25H21F2N3O3. The number of nitrogens with two attached hydrogens (primary N) is 1. The second kappa shape index (κ2) is 9.17. The maximum absolute atomic E-state index is 14.1. The number of benzene rings is 2. The zero-order valence-electron chi connectivity index (χ0n) is 17.8. The molecule has 0 aliphatic carbocycles. The van der Waals surface area contributed by atoms with Crippen LogP contribution in [0.2, 0.25) is 0 Å². The monoisotopic (exact) mass is 449 g/mol. The summed E-state index contributed by atoms with van der Waals surface area (Å²) in [6.07, 6.45) is 1.14. The smallest absolute Gasteiger partial charge is 0.410 e. The van der Waals surface area contributed by atoms with E-state index in [4.69, 9.17) is 15.2 Å². The van der Waals surface area contributed by atoms with Crippen LogP contribution in [-0.2, 0) is 9.47 Å². The first-order chi connectivity index (χ1) is 15.9. The van der Waals surface area contributed by atoms with E-state index in [0.29, 0.717) is 28.0 Å². The topological polar surface area (TPSA) is 88.6 Å². The van der Waals surface area contributed by atoms with Crippen molar-refractivity contribution in [3.05, 3.63) is 99.7 Å². The van der Waals surface area contributed by atoms with Gasteiger partial charge in [-0.3, -0.25) is 4.90 Å². The molecule has 0 spiro atoms. The highest BCUT2D eigenvalue weighted by Crippen LogP contribution is 2.44. The van der Waals surface area contributed by atoms with Gasteiger partial charge < -0.3 is 15.2 Å². The Bertz CT molecular complexity index is 1240. The van der Waals surface area contributed by atoms with Gasteiger partial charge >= 0.3 is 6.09 Å². The van der Waals surface area contributed by atoms with Crippen LogP contribution in [0.4, 0.5) is 13.6 Å². The molecule has 8 heteroatoms. The van der Waals surface area contributed by atoms with Crippen LogP contribution in [0.15, 0.2) is 76.9 Å². The number of carbonyl (C=O) groups excluding carboxylic acids is 1. The zero-order valence-corrected chi connectivity index (χ0v) is 17.8. The molecule has 2 aromatic rings. The van der Waals surface area contributed by atoms with Crippen LogP contribution >= 0.6 is 0 Å². The van der Waals surface area contributed by atoms with Crippen molar-refractivity contribution in [3.8, 4) is 6.07 Å². The predicted molar refractivity (Wildman–Crippen MR) is 117 cm³/mol. The third kappa shape index (κ3) is 4.44. The van der Waals surface area contributed by atoms with Crippen molar-refractivity contribution < 1.29 is 23.0 Å². The van der Waals surface area contributed by atoms with Gasteiger partial charge in [-0.1, -0.05) is 24.3 Å². The molecule has 1 atom stereocenters. The van der Waals surface area contributed by atoms with E-state index in [-0.39, 0.29) is 31.2 Å². The van der Waals surface area contributed by atoms with E-state index >= 15 is 0 Å². The maximum Gasteiger partial charge on any atom is 0.410 e. The lowest BCUT2D eigenvalue weighted by Crippen LogP contribution is -2.41. The summed E-state index contributed by atoms with van der Waals surface area (Å²) in [5.74, 6) is -1.32. The maximum atomic E-state index is 14.1. The van der Waals surface area contributed by atoms with E-state index < -0.39 is 23.6 Å². The first-order valence-electron chi connectivity index (χ1n) is 10.4. The minimum atomic E-state index is -0.720. The fourth-order valence-electron chi connectivity index (χ4n) is 4.08. The quantitative estimate of drug-likeness (QED) is 0.741. The standard InChI is InChI=1S/C25H21F2N3O3/c1-2-32-25(31)30-13-17(9-15-5-3-7-18(26)10-15)23-21(14-30)22(20(12-28)24(29)33-23)16-6-4-8-19(27)11-16/h3-11,22H,2,13-14,29H2,1H3/b17-9+. The lowest BCUT2D eigenvalue weighted by Gasteiger charge is -2.37. The van der Waals surface area contributed by atoms with E-state index in [0.717, 1.165) is 0 Å². The molecule has 2 aliphatic heterocycles. The van der Waals surface area contributed by atoms with E-state index in [1.807, 2.05) is 0 Å². The van der Waals surface area contributed by atoms with Gasteiger partial charge in [0.15, 0.2) is 0 Å². The van der Waals surface area contributed by atoms with Crippen molar-refractivity contribution in [1.82, 2.24) is 4.90 Å². The number of hydrogen-bond donors (Lipinski definition) is 1. The molecule has 0 saturated heterocycles. The number of allylic oxidation sites excluding steroid dienone is 1. The lowest BCUT2D eigenvalue weighted by atomic mass is 9.80. The number of carbonyl (C=O) groups is 1. The first-order valence-corrected chi connectivity index (χ1v) is 10.4. The molecule has 2 heterocycles. The van der Waals surface area contributed by atoms with Gasteiger partial charge in [-0.15, -0.1) is 0 Å². The van der Waals surface area contributed by atoms with Crippen molar-refractivity contribution in [3.63, 3.8) is 0 Å². The van der Waals surface area contributed by atoms with Gasteiger partial charge in [0, 0.05) is 11.1 Å². The fourth-order valence-corrected chi connectivity index (χ4v) is 4.08. The summed E-state index contributed by atoms with van der Waals surface area (Å²) in [6, 6.07) is 13.9. The van der Waals surface area contributed by atoms with E-state index in [1.54, 1.807) is 37.3 Å². The summed E-state index contributed by atoms with van der Waals surface area (Å²) in [6.45, 7) is 2.10. The molecule has 4 rings (SSSR count). The Balaban J connectivity index is 1.89. The summed E-state index contributed by atoms with van der Waals surface area (Å²) in [4.78, 5) is 14.1. The van der Waals surface area contributed by atoms with Crippen molar-refractivity contribution >= 4 is 12.2 Å². The molecule has 0 fully saturated rings. The molecular weight excluding hydrogens is 428 g/mol. The molecule has 0 saturated carbocycles. The van der Waals surface area contributed by atoms with Crippen LogP contribution < -0.4 is 5.73 Å². The average molecular weight is 449 g/mol. The van der Waals surface area contributed by atoms with Crippen molar-refractivity contribution in [2.24, 2.45) is 5.73 Å². The molecule has 2 N–H and O–H groups in total. The summed E-state index contributed by atoms with van der Waals surface area (Å²) in [7, 11) is 0. The highest BCUT2D eigenvalue weighted by molar-refractivity contribution is 5.72. The number of nitriles is 1. The van der Waals surface area contributed by atoms with E-state index in [2.05, 4.69) is 6.07 Å². The molecule has 1 unspecified atom stereocenters. The van der Waals surface area contributed by atoms with Gasteiger partial charge in [0.25, 0.3) is 0 Å². The Labute approximate surface area is 189 Å². The Morgan fingerprint density at radius 1 is 1.24 bits per heavy atom. The molecule has 33 heavy (non-hydrogen) atoms. The number of rotatable bonds is 3. The van der Waals surface area contributed by atoms with Gasteiger partial charge in [-0.25, -0.2) is 13.6 Å². The van der Waals surface area contributed by atoms with Crippen LogP contribution in [0.1, 0.15) is 24.0 Å². The van der Waals surface area contributed by atoms with Crippen molar-refractivity contribution in [2.45, 2.75) is 12.8 Å². The van der Waals surface area contributed by atoms with Crippen LogP contribution in [0.25, 0.3) is 6.08 Å². The van der Waals surface area contributed by atoms with Crippen LogP contribution in [0.5, 0.6) is 0 Å². The largest absolute Gasteiger partial charge is 0.450 e. The minimum Gasteiger partial charge on any atom is -0.450 e. The molecule has 1 amide bonds. The van der Waals surface area contributed by atoms with Gasteiger partial charge in [-0.2, -0.15) is 5.26 Å². The highest BCUT2D eigenvalue weighted by atomic mass is 19.1. The molecule has 2 aliphatic rings.